The van der Waals surface area contributed by atoms with Crippen LogP contribution in [-0.2, 0) is 11.0 Å². The van der Waals surface area contributed by atoms with Gasteiger partial charge < -0.3 is 14.7 Å². The number of carbonyl (C=O) groups excluding carboxylic acids is 1. The van der Waals surface area contributed by atoms with Crippen LogP contribution >= 0.6 is 11.8 Å². The lowest BCUT2D eigenvalue weighted by Gasteiger charge is -2.17. The number of amides is 1. The number of carboxylic acid groups (broad SMARTS) is 1. The van der Waals surface area contributed by atoms with Crippen LogP contribution < -0.4 is 4.74 Å². The minimum atomic E-state index is -4.63. The van der Waals surface area contributed by atoms with Crippen LogP contribution in [0.15, 0.2) is 35.2 Å². The molecule has 0 spiro atoms. The lowest BCUT2D eigenvalue weighted by Crippen LogP contribution is -2.28. The number of alkyl halides is 3. The van der Waals surface area contributed by atoms with Gasteiger partial charge in [-0.25, -0.2) is 0 Å². The van der Waals surface area contributed by atoms with Gasteiger partial charge in [-0.1, -0.05) is 12.1 Å². The molecule has 0 bridgehead atoms. The van der Waals surface area contributed by atoms with E-state index in [-0.39, 0.29) is 16.5 Å². The number of thioether (sulfide) groups is 1. The van der Waals surface area contributed by atoms with Crippen LogP contribution in [0.25, 0.3) is 10.8 Å². The number of carboxylic acids is 1. The third-order valence-electron chi connectivity index (χ3n) is 3.37. The molecule has 0 aliphatic rings. The summed E-state index contributed by atoms with van der Waals surface area (Å²) >= 11 is 0.671. The minimum absolute atomic E-state index is 0.0921. The van der Waals surface area contributed by atoms with Crippen molar-refractivity contribution >= 4 is 33.7 Å². The Bertz CT molecular complexity index is 823. The lowest BCUT2D eigenvalue weighted by molar-refractivity contribution is -0.138. The van der Waals surface area contributed by atoms with Gasteiger partial charge in [0.25, 0.3) is 5.24 Å². The number of methoxy groups -OCH3 is 1. The van der Waals surface area contributed by atoms with E-state index in [9.17, 15) is 22.8 Å². The molecule has 9 heteroatoms. The average molecular weight is 373 g/mol. The fourth-order valence-electron chi connectivity index (χ4n) is 2.30. The van der Waals surface area contributed by atoms with Crippen LogP contribution in [0, 0.1) is 0 Å². The van der Waals surface area contributed by atoms with Crippen molar-refractivity contribution in [1.29, 1.82) is 0 Å². The highest BCUT2D eigenvalue weighted by molar-refractivity contribution is 8.13. The number of carbonyl (C=O) groups is 2. The first-order chi connectivity index (χ1) is 11.6. The van der Waals surface area contributed by atoms with Crippen molar-refractivity contribution in [3.63, 3.8) is 0 Å². The summed E-state index contributed by atoms with van der Waals surface area (Å²) in [7, 11) is 2.46. The van der Waals surface area contributed by atoms with Crippen LogP contribution in [0.1, 0.15) is 5.56 Å². The number of ether oxygens (including phenoxy) is 1. The number of rotatable bonds is 4. The van der Waals surface area contributed by atoms with E-state index in [1.54, 1.807) is 0 Å². The topological polar surface area (TPSA) is 66.8 Å². The Morgan fingerprint density at radius 2 is 1.88 bits per heavy atom. The zero-order chi connectivity index (χ0) is 18.8. The van der Waals surface area contributed by atoms with E-state index in [1.807, 2.05) is 0 Å². The smallest absolute Gasteiger partial charge is 0.420 e. The molecular formula is C16H14F3NO4S. The molecule has 134 valence electrons. The summed E-state index contributed by atoms with van der Waals surface area (Å²) in [6, 6.07) is 6.85. The fourth-order valence-corrected chi connectivity index (χ4v) is 3.14. The number of benzene rings is 2. The molecule has 0 fully saturated rings. The molecule has 5 nitrogen and oxygen atoms in total. The van der Waals surface area contributed by atoms with Crippen molar-refractivity contribution in [3.05, 3.63) is 35.9 Å². The van der Waals surface area contributed by atoms with E-state index in [4.69, 9.17) is 9.84 Å². The van der Waals surface area contributed by atoms with Crippen molar-refractivity contribution in [1.82, 2.24) is 4.90 Å². The number of likely N-dealkylation sites (N-methyl/N-ethyl adjacent to an activating group) is 1. The highest BCUT2D eigenvalue weighted by Crippen LogP contribution is 2.43. The van der Waals surface area contributed by atoms with E-state index in [0.717, 1.165) is 12.0 Å². The maximum Gasteiger partial charge on any atom is 0.420 e. The van der Waals surface area contributed by atoms with E-state index in [1.165, 1.54) is 37.4 Å². The van der Waals surface area contributed by atoms with Gasteiger partial charge in [0.15, 0.2) is 0 Å². The number of aliphatic carboxylic acids is 1. The Hall–Kier alpha value is -2.42. The zero-order valence-electron chi connectivity index (χ0n) is 13.3. The van der Waals surface area contributed by atoms with Gasteiger partial charge in [0.05, 0.1) is 7.11 Å². The molecule has 0 radical (unpaired) electrons. The standard InChI is InChI=1S/C16H14F3NO4S/c1-20(8-13(21)22)15(23)25-12-5-3-4-10-9(12)6-7-11(24-2)14(10)16(17,18)19/h3-7H,8H2,1-2H3,(H,21,22). The molecule has 0 atom stereocenters. The summed E-state index contributed by atoms with van der Waals surface area (Å²) < 4.78 is 45.0. The molecule has 2 rings (SSSR count). The predicted octanol–water partition coefficient (Wildman–Crippen LogP) is 4.10. The van der Waals surface area contributed by atoms with Gasteiger partial charge in [0, 0.05) is 11.9 Å². The second-order valence-corrected chi connectivity index (χ2v) is 6.10. The second-order valence-electron chi connectivity index (χ2n) is 5.11. The molecule has 0 aliphatic carbocycles. The zero-order valence-corrected chi connectivity index (χ0v) is 14.1. The van der Waals surface area contributed by atoms with Crippen molar-refractivity contribution in [3.8, 4) is 5.75 Å². The molecule has 0 heterocycles. The monoisotopic (exact) mass is 373 g/mol. The second kappa shape index (κ2) is 7.22. The molecule has 2 aromatic carbocycles. The van der Waals surface area contributed by atoms with E-state index in [0.29, 0.717) is 16.7 Å². The number of halogens is 3. The van der Waals surface area contributed by atoms with Crippen molar-refractivity contribution in [2.75, 3.05) is 20.7 Å². The van der Waals surface area contributed by atoms with Gasteiger partial charge in [-0.05, 0) is 40.7 Å². The Balaban J connectivity index is 2.50. The summed E-state index contributed by atoms with van der Waals surface area (Å²) in [5.41, 5.74) is -0.915. The van der Waals surface area contributed by atoms with Gasteiger partial charge in [-0.2, -0.15) is 13.2 Å². The van der Waals surface area contributed by atoms with Crippen LogP contribution in [0.4, 0.5) is 18.0 Å². The number of hydrogen-bond acceptors (Lipinski definition) is 4. The van der Waals surface area contributed by atoms with E-state index in [2.05, 4.69) is 0 Å². The summed E-state index contributed by atoms with van der Waals surface area (Å²) in [5.74, 6) is -1.49. The summed E-state index contributed by atoms with van der Waals surface area (Å²) in [6.45, 7) is -0.502. The van der Waals surface area contributed by atoms with Gasteiger partial charge in [0.2, 0.25) is 0 Å². The molecule has 1 amide bonds. The molecule has 0 saturated carbocycles. The largest absolute Gasteiger partial charge is 0.496 e. The van der Waals surface area contributed by atoms with Gasteiger partial charge >= 0.3 is 12.1 Å². The fraction of sp³-hybridized carbons (Fsp3) is 0.250. The highest BCUT2D eigenvalue weighted by atomic mass is 32.2. The van der Waals surface area contributed by atoms with Crippen molar-refractivity contribution in [2.24, 2.45) is 0 Å². The molecule has 2 aromatic rings. The number of hydrogen-bond donors (Lipinski definition) is 1. The van der Waals surface area contributed by atoms with Gasteiger partial charge in [-0.3, -0.25) is 9.59 Å². The molecular weight excluding hydrogens is 359 g/mol. The Labute approximate surface area is 145 Å². The first-order valence-corrected chi connectivity index (χ1v) is 7.78. The summed E-state index contributed by atoms with van der Waals surface area (Å²) in [5, 5.41) is 8.27. The summed E-state index contributed by atoms with van der Waals surface area (Å²) in [4.78, 5) is 24.0. The minimum Gasteiger partial charge on any atom is -0.496 e. The average Bonchev–Trinajstić information content (AvgIpc) is 2.52. The Morgan fingerprint density at radius 3 is 2.44 bits per heavy atom. The van der Waals surface area contributed by atoms with Crippen molar-refractivity contribution in [2.45, 2.75) is 11.1 Å². The van der Waals surface area contributed by atoms with Crippen LogP contribution in [0.3, 0.4) is 0 Å². The van der Waals surface area contributed by atoms with Crippen LogP contribution in [0.5, 0.6) is 5.75 Å². The predicted molar refractivity (Wildman–Crippen MR) is 87.0 cm³/mol. The van der Waals surface area contributed by atoms with Crippen LogP contribution in [-0.4, -0.2) is 41.9 Å². The third kappa shape index (κ3) is 4.16. The molecule has 0 saturated heterocycles. The van der Waals surface area contributed by atoms with Crippen molar-refractivity contribution < 1.29 is 32.6 Å². The maximum atomic E-state index is 13.4. The van der Waals surface area contributed by atoms with Crippen LogP contribution in [0.2, 0.25) is 0 Å². The summed E-state index contributed by atoms with van der Waals surface area (Å²) in [6.07, 6.45) is -4.63. The SMILES string of the molecule is COc1ccc2c(SC(=O)N(C)CC(=O)O)cccc2c1C(F)(F)F. The molecule has 25 heavy (non-hydrogen) atoms. The maximum absolute atomic E-state index is 13.4. The Kier molecular flexibility index (Phi) is 5.46. The molecule has 0 aliphatic heterocycles. The molecule has 0 aromatic heterocycles. The third-order valence-corrected chi connectivity index (χ3v) is 4.43. The Morgan fingerprint density at radius 1 is 1.20 bits per heavy atom. The van der Waals surface area contributed by atoms with E-state index >= 15 is 0 Å². The first kappa shape index (κ1) is 18.9. The quantitative estimate of drug-likeness (QED) is 0.818. The molecule has 1 N–H and O–H groups in total. The number of fused-ring (bicyclic) bond motifs is 1. The lowest BCUT2D eigenvalue weighted by atomic mass is 10.0. The van der Waals surface area contributed by atoms with Gasteiger partial charge in [0.1, 0.15) is 17.9 Å². The number of nitrogens with zero attached hydrogens (tertiary/aromatic N) is 1. The van der Waals surface area contributed by atoms with E-state index < -0.39 is 29.5 Å². The molecule has 0 unspecified atom stereocenters. The highest BCUT2D eigenvalue weighted by Gasteiger charge is 2.36. The van der Waals surface area contributed by atoms with Gasteiger partial charge in [-0.15, -0.1) is 0 Å². The first-order valence-electron chi connectivity index (χ1n) is 6.96. The normalized spacial score (nSPS) is 11.4.